The van der Waals surface area contributed by atoms with Crippen LogP contribution in [-0.2, 0) is 6.54 Å². The number of aryl methyl sites for hydroxylation is 1. The fourth-order valence-corrected chi connectivity index (χ4v) is 4.31. The maximum absolute atomic E-state index is 13.6. The molecular weight excluding hydrogens is 400 g/mol. The minimum absolute atomic E-state index is 0.0115. The lowest BCUT2D eigenvalue weighted by atomic mass is 9.99. The lowest BCUT2D eigenvalue weighted by Gasteiger charge is -2.39. The average molecular weight is 431 g/mol. The van der Waals surface area contributed by atoms with E-state index in [9.17, 15) is 9.90 Å². The van der Waals surface area contributed by atoms with E-state index < -0.39 is 0 Å². The number of benzene rings is 3. The number of piperidine rings is 1. The van der Waals surface area contributed by atoms with Crippen molar-refractivity contribution < 1.29 is 14.6 Å². The lowest BCUT2D eigenvalue weighted by Crippen LogP contribution is -2.47. The summed E-state index contributed by atoms with van der Waals surface area (Å²) >= 11 is 0. The highest BCUT2D eigenvalue weighted by Crippen LogP contribution is 2.30. The summed E-state index contributed by atoms with van der Waals surface area (Å²) in [6, 6.07) is 23.1. The topological polar surface area (TPSA) is 53.0 Å². The van der Waals surface area contributed by atoms with Gasteiger partial charge in [0.25, 0.3) is 5.91 Å². The first-order valence-electron chi connectivity index (χ1n) is 11.1. The Bertz CT molecular complexity index is 1060. The summed E-state index contributed by atoms with van der Waals surface area (Å²) in [5.41, 5.74) is 3.61. The molecule has 0 saturated carbocycles. The van der Waals surface area contributed by atoms with Crippen molar-refractivity contribution in [1.29, 1.82) is 0 Å². The van der Waals surface area contributed by atoms with Gasteiger partial charge in [-0.2, -0.15) is 0 Å². The van der Waals surface area contributed by atoms with Gasteiger partial charge in [0.1, 0.15) is 11.5 Å². The van der Waals surface area contributed by atoms with E-state index in [2.05, 4.69) is 4.90 Å². The third kappa shape index (κ3) is 4.94. The summed E-state index contributed by atoms with van der Waals surface area (Å²) in [6.07, 6.45) is 1.73. The van der Waals surface area contributed by atoms with Gasteiger partial charge in [-0.05, 0) is 50.1 Å². The van der Waals surface area contributed by atoms with Gasteiger partial charge in [-0.25, -0.2) is 0 Å². The van der Waals surface area contributed by atoms with Gasteiger partial charge in [-0.1, -0.05) is 42.0 Å². The Labute approximate surface area is 189 Å². The number of hydrogen-bond acceptors (Lipinski definition) is 4. The van der Waals surface area contributed by atoms with E-state index in [1.54, 1.807) is 13.2 Å². The second-order valence-corrected chi connectivity index (χ2v) is 8.38. The molecule has 0 bridgehead atoms. The van der Waals surface area contributed by atoms with Crippen LogP contribution in [0, 0.1) is 6.92 Å². The van der Waals surface area contributed by atoms with Gasteiger partial charge in [0.2, 0.25) is 0 Å². The number of hydrogen-bond donors (Lipinski definition) is 1. The molecule has 5 nitrogen and oxygen atoms in total. The SMILES string of the molecule is COc1cccc(N(C(=O)c2ccc(C)cc2)C2CCN(Cc3ccccc3O)CC2)c1. The molecule has 3 aromatic carbocycles. The number of anilines is 1. The maximum Gasteiger partial charge on any atom is 0.258 e. The smallest absolute Gasteiger partial charge is 0.258 e. The molecule has 0 atom stereocenters. The van der Waals surface area contributed by atoms with Crippen molar-refractivity contribution in [2.45, 2.75) is 32.4 Å². The summed E-state index contributed by atoms with van der Waals surface area (Å²) in [5, 5.41) is 10.1. The number of phenolic OH excluding ortho intramolecular Hbond substituents is 1. The van der Waals surface area contributed by atoms with Gasteiger partial charge in [0.15, 0.2) is 0 Å². The number of rotatable bonds is 6. The van der Waals surface area contributed by atoms with Crippen molar-refractivity contribution in [3.63, 3.8) is 0 Å². The zero-order valence-electron chi connectivity index (χ0n) is 18.7. The monoisotopic (exact) mass is 430 g/mol. The van der Waals surface area contributed by atoms with Crippen LogP contribution >= 0.6 is 0 Å². The lowest BCUT2D eigenvalue weighted by molar-refractivity contribution is 0.0958. The molecule has 1 saturated heterocycles. The Morgan fingerprint density at radius 1 is 1.03 bits per heavy atom. The summed E-state index contributed by atoms with van der Waals surface area (Å²) in [7, 11) is 1.64. The number of nitrogens with zero attached hydrogens (tertiary/aromatic N) is 2. The average Bonchev–Trinajstić information content (AvgIpc) is 2.82. The number of carbonyl (C=O) groups excluding carboxylic acids is 1. The van der Waals surface area contributed by atoms with E-state index in [1.807, 2.05) is 78.6 Å². The third-order valence-electron chi connectivity index (χ3n) is 6.16. The fourth-order valence-electron chi connectivity index (χ4n) is 4.31. The highest BCUT2D eigenvalue weighted by atomic mass is 16.5. The van der Waals surface area contributed by atoms with E-state index in [1.165, 1.54) is 0 Å². The van der Waals surface area contributed by atoms with E-state index in [4.69, 9.17) is 4.74 Å². The van der Waals surface area contributed by atoms with Crippen LogP contribution in [0.25, 0.3) is 0 Å². The minimum Gasteiger partial charge on any atom is -0.508 e. The van der Waals surface area contributed by atoms with Crippen molar-refractivity contribution >= 4 is 11.6 Å². The number of amides is 1. The quantitative estimate of drug-likeness (QED) is 0.597. The molecule has 0 aromatic heterocycles. The molecule has 5 heteroatoms. The summed E-state index contributed by atoms with van der Waals surface area (Å²) in [6.45, 7) is 4.46. The molecule has 1 fully saturated rings. The Morgan fingerprint density at radius 2 is 1.75 bits per heavy atom. The number of ether oxygens (including phenoxy) is 1. The molecule has 0 spiro atoms. The Balaban J connectivity index is 1.54. The zero-order valence-corrected chi connectivity index (χ0v) is 18.7. The van der Waals surface area contributed by atoms with Crippen LogP contribution in [0.15, 0.2) is 72.8 Å². The standard InChI is InChI=1S/C27H30N2O3/c1-20-10-12-21(13-11-20)27(31)29(24-7-5-8-25(18-24)32-2)23-14-16-28(17-15-23)19-22-6-3-4-9-26(22)30/h3-13,18,23,30H,14-17,19H2,1-2H3. The predicted molar refractivity (Wildman–Crippen MR) is 127 cm³/mol. The second kappa shape index (κ2) is 9.88. The third-order valence-corrected chi connectivity index (χ3v) is 6.16. The molecule has 1 N–H and O–H groups in total. The Kier molecular flexibility index (Phi) is 6.76. The molecule has 1 heterocycles. The van der Waals surface area contributed by atoms with Gasteiger partial charge in [0, 0.05) is 48.6 Å². The van der Waals surface area contributed by atoms with Crippen LogP contribution in [0.3, 0.4) is 0 Å². The first kappa shape index (κ1) is 21.9. The summed E-state index contributed by atoms with van der Waals surface area (Å²) < 4.78 is 5.42. The number of para-hydroxylation sites is 1. The van der Waals surface area contributed by atoms with Crippen molar-refractivity contribution in [2.24, 2.45) is 0 Å². The van der Waals surface area contributed by atoms with E-state index in [-0.39, 0.29) is 11.9 Å². The first-order chi connectivity index (χ1) is 15.5. The van der Waals surface area contributed by atoms with Gasteiger partial charge in [-0.15, -0.1) is 0 Å². The second-order valence-electron chi connectivity index (χ2n) is 8.38. The van der Waals surface area contributed by atoms with Crippen LogP contribution in [0.2, 0.25) is 0 Å². The highest BCUT2D eigenvalue weighted by Gasteiger charge is 2.30. The van der Waals surface area contributed by atoms with E-state index in [0.717, 1.165) is 48.5 Å². The number of likely N-dealkylation sites (tertiary alicyclic amines) is 1. The van der Waals surface area contributed by atoms with Gasteiger partial charge in [0.05, 0.1) is 7.11 Å². The van der Waals surface area contributed by atoms with Gasteiger partial charge < -0.3 is 14.7 Å². The summed E-state index contributed by atoms with van der Waals surface area (Å²) in [5.74, 6) is 1.08. The molecule has 1 aliphatic heterocycles. The van der Waals surface area contributed by atoms with E-state index in [0.29, 0.717) is 17.9 Å². The molecule has 0 unspecified atom stereocenters. The molecule has 1 aliphatic rings. The predicted octanol–water partition coefficient (Wildman–Crippen LogP) is 5.02. The molecule has 3 aromatic rings. The Hall–Kier alpha value is -3.31. The normalized spacial score (nSPS) is 14.8. The largest absolute Gasteiger partial charge is 0.508 e. The molecule has 0 radical (unpaired) electrons. The number of carbonyl (C=O) groups is 1. The van der Waals surface area contributed by atoms with Crippen molar-refractivity contribution in [3.8, 4) is 11.5 Å². The molecular formula is C27H30N2O3. The zero-order chi connectivity index (χ0) is 22.5. The maximum atomic E-state index is 13.6. The molecule has 32 heavy (non-hydrogen) atoms. The highest BCUT2D eigenvalue weighted by molar-refractivity contribution is 6.06. The van der Waals surface area contributed by atoms with Gasteiger partial charge in [-0.3, -0.25) is 9.69 Å². The van der Waals surface area contributed by atoms with Crippen molar-refractivity contribution in [1.82, 2.24) is 4.90 Å². The van der Waals surface area contributed by atoms with Crippen LogP contribution in [0.5, 0.6) is 11.5 Å². The number of aromatic hydroxyl groups is 1. The minimum atomic E-state index is 0.0115. The molecule has 166 valence electrons. The van der Waals surface area contributed by atoms with Crippen molar-refractivity contribution in [2.75, 3.05) is 25.1 Å². The van der Waals surface area contributed by atoms with Crippen LogP contribution in [0.1, 0.15) is 34.3 Å². The van der Waals surface area contributed by atoms with E-state index >= 15 is 0 Å². The summed E-state index contributed by atoms with van der Waals surface area (Å²) in [4.78, 5) is 17.9. The molecule has 0 aliphatic carbocycles. The number of phenols is 1. The molecule has 1 amide bonds. The first-order valence-corrected chi connectivity index (χ1v) is 11.1. The fraction of sp³-hybridized carbons (Fsp3) is 0.296. The van der Waals surface area contributed by atoms with Crippen molar-refractivity contribution in [3.05, 3.63) is 89.5 Å². The number of methoxy groups -OCH3 is 1. The van der Waals surface area contributed by atoms with Gasteiger partial charge >= 0.3 is 0 Å². The van der Waals surface area contributed by atoms with Crippen LogP contribution in [0.4, 0.5) is 5.69 Å². The Morgan fingerprint density at radius 3 is 2.44 bits per heavy atom. The molecule has 4 rings (SSSR count). The van der Waals surface area contributed by atoms with Crippen LogP contribution in [-0.4, -0.2) is 42.2 Å². The van der Waals surface area contributed by atoms with Crippen LogP contribution < -0.4 is 9.64 Å².